The van der Waals surface area contributed by atoms with E-state index in [9.17, 15) is 8.42 Å². The molecule has 0 spiro atoms. The number of hydrogen-bond donors (Lipinski definition) is 0. The second-order valence-electron chi connectivity index (χ2n) is 4.78. The van der Waals surface area contributed by atoms with Gasteiger partial charge in [-0.15, -0.1) is 0 Å². The fourth-order valence-corrected chi connectivity index (χ4v) is 3.84. The Hall–Kier alpha value is -0.880. The van der Waals surface area contributed by atoms with Crippen molar-refractivity contribution in [2.45, 2.75) is 36.2 Å². The molecule has 0 aromatic carbocycles. The standard InChI is InChI=1S/C11H15NO4S/c13-17(14,10-3-4-15-6-10)7-9-5-12-16-11(9)8-1-2-8/h5,8,10H,1-4,6-7H2. The van der Waals surface area contributed by atoms with Crippen molar-refractivity contribution < 1.29 is 17.7 Å². The number of ether oxygens (including phenoxy) is 1. The fourth-order valence-electron chi connectivity index (χ4n) is 2.19. The van der Waals surface area contributed by atoms with Gasteiger partial charge in [-0.25, -0.2) is 8.42 Å². The summed E-state index contributed by atoms with van der Waals surface area (Å²) in [6.45, 7) is 0.870. The van der Waals surface area contributed by atoms with Gasteiger partial charge in [0.1, 0.15) is 5.76 Å². The summed E-state index contributed by atoms with van der Waals surface area (Å²) in [5.41, 5.74) is 0.736. The molecule has 17 heavy (non-hydrogen) atoms. The van der Waals surface area contributed by atoms with E-state index in [0.29, 0.717) is 25.6 Å². The molecule has 3 rings (SSSR count). The quantitative estimate of drug-likeness (QED) is 0.812. The Morgan fingerprint density at radius 3 is 2.82 bits per heavy atom. The number of aromatic nitrogens is 1. The van der Waals surface area contributed by atoms with Crippen molar-refractivity contribution in [3.63, 3.8) is 0 Å². The number of hydrogen-bond acceptors (Lipinski definition) is 5. The van der Waals surface area contributed by atoms with Gasteiger partial charge in [-0.2, -0.15) is 0 Å². The van der Waals surface area contributed by atoms with Crippen molar-refractivity contribution in [2.24, 2.45) is 0 Å². The van der Waals surface area contributed by atoms with Crippen LogP contribution in [0.15, 0.2) is 10.7 Å². The highest BCUT2D eigenvalue weighted by Gasteiger charge is 2.34. The molecule has 5 nitrogen and oxygen atoms in total. The highest BCUT2D eigenvalue weighted by Crippen LogP contribution is 2.42. The molecule has 0 radical (unpaired) electrons. The molecule has 94 valence electrons. The number of nitrogens with zero attached hydrogens (tertiary/aromatic N) is 1. The number of rotatable bonds is 4. The molecule has 1 aromatic heterocycles. The van der Waals surface area contributed by atoms with Gasteiger partial charge in [-0.1, -0.05) is 5.16 Å². The van der Waals surface area contributed by atoms with Gasteiger partial charge in [0.2, 0.25) is 0 Å². The zero-order valence-corrected chi connectivity index (χ0v) is 10.3. The largest absolute Gasteiger partial charge is 0.380 e. The zero-order valence-electron chi connectivity index (χ0n) is 9.46. The van der Waals surface area contributed by atoms with E-state index in [2.05, 4.69) is 5.16 Å². The Labute approximate surface area is 100 Å². The van der Waals surface area contributed by atoms with E-state index in [0.717, 1.165) is 24.2 Å². The van der Waals surface area contributed by atoms with E-state index < -0.39 is 9.84 Å². The van der Waals surface area contributed by atoms with Gasteiger partial charge >= 0.3 is 0 Å². The molecule has 2 fully saturated rings. The van der Waals surface area contributed by atoms with E-state index in [1.165, 1.54) is 0 Å². The van der Waals surface area contributed by atoms with E-state index in [1.807, 2.05) is 0 Å². The highest BCUT2D eigenvalue weighted by molar-refractivity contribution is 7.91. The van der Waals surface area contributed by atoms with Crippen molar-refractivity contribution in [1.29, 1.82) is 0 Å². The highest BCUT2D eigenvalue weighted by atomic mass is 32.2. The lowest BCUT2D eigenvalue weighted by atomic mass is 10.2. The van der Waals surface area contributed by atoms with E-state index >= 15 is 0 Å². The molecular weight excluding hydrogens is 242 g/mol. The van der Waals surface area contributed by atoms with Crippen LogP contribution in [-0.4, -0.2) is 32.0 Å². The van der Waals surface area contributed by atoms with Crippen molar-refractivity contribution in [1.82, 2.24) is 5.16 Å². The maximum absolute atomic E-state index is 12.1. The van der Waals surface area contributed by atoms with Crippen LogP contribution in [0.3, 0.4) is 0 Å². The van der Waals surface area contributed by atoms with Crippen LogP contribution >= 0.6 is 0 Å². The first-order valence-corrected chi connectivity index (χ1v) is 7.61. The maximum atomic E-state index is 12.1. The molecule has 1 unspecified atom stereocenters. The molecule has 1 aliphatic carbocycles. The minimum Gasteiger partial charge on any atom is -0.380 e. The Balaban J connectivity index is 1.79. The Bertz CT molecular complexity index is 497. The third kappa shape index (κ3) is 2.24. The van der Waals surface area contributed by atoms with Crippen molar-refractivity contribution in [3.05, 3.63) is 17.5 Å². The summed E-state index contributed by atoms with van der Waals surface area (Å²) in [6.07, 6.45) is 4.30. The lowest BCUT2D eigenvalue weighted by Gasteiger charge is -2.08. The van der Waals surface area contributed by atoms with Crippen LogP contribution in [0.4, 0.5) is 0 Å². The molecule has 0 bridgehead atoms. The van der Waals surface area contributed by atoms with Crippen LogP contribution in [0.2, 0.25) is 0 Å². The summed E-state index contributed by atoms with van der Waals surface area (Å²) in [6, 6.07) is 0. The molecule has 1 saturated carbocycles. The van der Waals surface area contributed by atoms with Gasteiger partial charge in [0.05, 0.1) is 23.8 Å². The van der Waals surface area contributed by atoms with Crippen molar-refractivity contribution in [2.75, 3.05) is 13.2 Å². The smallest absolute Gasteiger partial charge is 0.159 e. The zero-order chi connectivity index (χ0) is 11.9. The van der Waals surface area contributed by atoms with Crippen LogP contribution < -0.4 is 0 Å². The van der Waals surface area contributed by atoms with Gasteiger partial charge in [0, 0.05) is 18.1 Å². The van der Waals surface area contributed by atoms with Crippen LogP contribution in [-0.2, 0) is 20.3 Å². The minimum absolute atomic E-state index is 0.0381. The summed E-state index contributed by atoms with van der Waals surface area (Å²) in [4.78, 5) is 0. The van der Waals surface area contributed by atoms with Gasteiger partial charge < -0.3 is 9.26 Å². The Morgan fingerprint density at radius 1 is 1.35 bits per heavy atom. The van der Waals surface area contributed by atoms with Crippen LogP contribution in [0.1, 0.15) is 36.5 Å². The normalized spacial score (nSPS) is 25.3. The van der Waals surface area contributed by atoms with Crippen molar-refractivity contribution in [3.8, 4) is 0 Å². The summed E-state index contributed by atoms with van der Waals surface area (Å²) >= 11 is 0. The second kappa shape index (κ2) is 4.10. The summed E-state index contributed by atoms with van der Waals surface area (Å²) < 4.78 is 34.6. The number of sulfone groups is 1. The summed E-state index contributed by atoms with van der Waals surface area (Å²) in [7, 11) is -3.14. The van der Waals surface area contributed by atoms with Crippen LogP contribution in [0.5, 0.6) is 0 Å². The summed E-state index contributed by atoms with van der Waals surface area (Å²) in [5, 5.41) is 3.37. The van der Waals surface area contributed by atoms with Gasteiger partial charge in [0.25, 0.3) is 0 Å². The molecule has 0 amide bonds. The average molecular weight is 257 g/mol. The predicted molar refractivity (Wildman–Crippen MR) is 60.3 cm³/mol. The maximum Gasteiger partial charge on any atom is 0.159 e. The fraction of sp³-hybridized carbons (Fsp3) is 0.727. The second-order valence-corrected chi connectivity index (χ2v) is 7.06. The molecule has 2 heterocycles. The first-order valence-electron chi connectivity index (χ1n) is 5.89. The third-order valence-electron chi connectivity index (χ3n) is 3.38. The lowest BCUT2D eigenvalue weighted by molar-refractivity contribution is 0.198. The topological polar surface area (TPSA) is 69.4 Å². The molecule has 1 aromatic rings. The SMILES string of the molecule is O=S(=O)(Cc1cnoc1C1CC1)C1CCOC1. The first kappa shape index (κ1) is 11.2. The predicted octanol–water partition coefficient (Wildman–Crippen LogP) is 1.26. The average Bonchev–Trinajstić information content (AvgIpc) is 2.82. The third-order valence-corrected chi connectivity index (χ3v) is 5.48. The lowest BCUT2D eigenvalue weighted by Crippen LogP contribution is -2.23. The Morgan fingerprint density at radius 2 is 2.18 bits per heavy atom. The molecule has 1 atom stereocenters. The van der Waals surface area contributed by atoms with Crippen molar-refractivity contribution >= 4 is 9.84 Å². The molecule has 1 saturated heterocycles. The van der Waals surface area contributed by atoms with E-state index in [4.69, 9.17) is 9.26 Å². The molecule has 2 aliphatic rings. The van der Waals surface area contributed by atoms with Gasteiger partial charge in [0.15, 0.2) is 9.84 Å². The first-order chi connectivity index (χ1) is 8.17. The van der Waals surface area contributed by atoms with E-state index in [1.54, 1.807) is 6.20 Å². The molecule has 1 aliphatic heterocycles. The van der Waals surface area contributed by atoms with Gasteiger partial charge in [-0.05, 0) is 19.3 Å². The molecule has 0 N–H and O–H groups in total. The monoisotopic (exact) mass is 257 g/mol. The molecular formula is C11H15NO4S. The summed E-state index contributed by atoms with van der Waals surface area (Å²) in [5.74, 6) is 1.20. The van der Waals surface area contributed by atoms with Gasteiger partial charge in [-0.3, -0.25) is 0 Å². The van der Waals surface area contributed by atoms with E-state index in [-0.39, 0.29) is 11.0 Å². The molecule has 6 heteroatoms. The minimum atomic E-state index is -3.14. The Kier molecular flexibility index (Phi) is 2.71. The van der Waals surface area contributed by atoms with Crippen LogP contribution in [0.25, 0.3) is 0 Å². The van der Waals surface area contributed by atoms with Crippen LogP contribution in [0, 0.1) is 0 Å².